The van der Waals surface area contributed by atoms with Crippen LogP contribution in [0, 0.1) is 6.92 Å². The molecule has 0 bridgehead atoms. The minimum absolute atomic E-state index is 0.229. The van der Waals surface area contributed by atoms with Crippen LogP contribution in [-0.2, 0) is 5.92 Å². The van der Waals surface area contributed by atoms with Crippen LogP contribution in [0.5, 0.6) is 11.5 Å². The van der Waals surface area contributed by atoms with Crippen molar-refractivity contribution in [3.8, 4) is 11.5 Å². The van der Waals surface area contributed by atoms with E-state index in [1.807, 2.05) is 19.1 Å². The number of nitrogens with zero attached hydrogens (tertiary/aromatic N) is 3. The molecule has 37 heavy (non-hydrogen) atoms. The number of ether oxygens (including phenoxy) is 2. The molecular weight excluding hydrogens is 478 g/mol. The summed E-state index contributed by atoms with van der Waals surface area (Å²) in [7, 11) is 1.61. The average molecular weight is 515 g/mol. The fraction of sp³-hybridized carbons (Fsp3) is 0.500. The van der Waals surface area contributed by atoms with Crippen molar-refractivity contribution >= 4 is 16.7 Å². The van der Waals surface area contributed by atoms with Gasteiger partial charge in [-0.1, -0.05) is 18.2 Å². The van der Waals surface area contributed by atoms with Gasteiger partial charge in [-0.25, -0.2) is 9.97 Å². The van der Waals surface area contributed by atoms with Crippen LogP contribution in [0.25, 0.3) is 10.9 Å². The maximum absolute atomic E-state index is 14.1. The molecule has 2 N–H and O–H groups in total. The van der Waals surface area contributed by atoms with E-state index in [9.17, 15) is 8.78 Å². The Labute approximate surface area is 216 Å². The van der Waals surface area contributed by atoms with Gasteiger partial charge in [0.1, 0.15) is 24.9 Å². The molecule has 3 aromatic rings. The third-order valence-corrected chi connectivity index (χ3v) is 6.97. The van der Waals surface area contributed by atoms with Crippen molar-refractivity contribution in [2.24, 2.45) is 0 Å². The lowest BCUT2D eigenvalue weighted by molar-refractivity contribution is -0.0556. The number of anilines is 1. The van der Waals surface area contributed by atoms with E-state index in [1.165, 1.54) is 12.1 Å². The van der Waals surface area contributed by atoms with E-state index < -0.39 is 12.5 Å². The topological polar surface area (TPSA) is 79.7 Å². The van der Waals surface area contributed by atoms with Crippen LogP contribution in [-0.4, -0.2) is 58.9 Å². The van der Waals surface area contributed by atoms with Crippen molar-refractivity contribution in [1.29, 1.82) is 0 Å². The normalized spacial score (nSPS) is 17.4. The van der Waals surface area contributed by atoms with E-state index >= 15 is 0 Å². The molecule has 1 aliphatic rings. The second-order valence-electron chi connectivity index (χ2n) is 9.93. The maximum Gasteiger partial charge on any atom is 0.295 e. The zero-order valence-corrected chi connectivity index (χ0v) is 22.1. The summed E-state index contributed by atoms with van der Waals surface area (Å²) < 4.78 is 40.0. The molecule has 1 aliphatic heterocycles. The van der Waals surface area contributed by atoms with Gasteiger partial charge in [0.25, 0.3) is 5.92 Å². The van der Waals surface area contributed by atoms with Crippen LogP contribution in [0.2, 0.25) is 0 Å². The summed E-state index contributed by atoms with van der Waals surface area (Å²) >= 11 is 0. The summed E-state index contributed by atoms with van der Waals surface area (Å²) in [5, 5.41) is 13.2. The van der Waals surface area contributed by atoms with E-state index in [1.54, 1.807) is 26.2 Å². The lowest BCUT2D eigenvalue weighted by Gasteiger charge is -2.28. The third kappa shape index (κ3) is 5.93. The number of alkyl halides is 2. The Morgan fingerprint density at radius 1 is 1.16 bits per heavy atom. The van der Waals surface area contributed by atoms with E-state index in [0.717, 1.165) is 24.8 Å². The van der Waals surface area contributed by atoms with Crippen molar-refractivity contribution in [1.82, 2.24) is 14.9 Å². The maximum atomic E-state index is 14.1. The molecule has 1 saturated heterocycles. The number of benzene rings is 2. The number of fused-ring (bicyclic) bond motifs is 1. The van der Waals surface area contributed by atoms with Gasteiger partial charge in [0.15, 0.2) is 11.5 Å². The van der Waals surface area contributed by atoms with Crippen LogP contribution in [0.4, 0.5) is 14.6 Å². The van der Waals surface area contributed by atoms with Gasteiger partial charge in [0, 0.05) is 35.1 Å². The van der Waals surface area contributed by atoms with Gasteiger partial charge in [0.2, 0.25) is 0 Å². The summed E-state index contributed by atoms with van der Waals surface area (Å²) in [5.41, 5.74) is 1.11. The molecule has 0 radical (unpaired) electrons. The molecule has 2 heterocycles. The molecule has 4 rings (SSSR count). The first-order valence-corrected chi connectivity index (χ1v) is 12.7. The Bertz CT molecular complexity index is 1240. The molecule has 1 aromatic heterocycles. The molecule has 200 valence electrons. The minimum atomic E-state index is -3.30. The number of aliphatic hydroxyl groups excluding tert-OH is 1. The first-order chi connectivity index (χ1) is 17.6. The quantitative estimate of drug-likeness (QED) is 0.372. The highest BCUT2D eigenvalue weighted by Crippen LogP contribution is 2.36. The second kappa shape index (κ2) is 11.1. The summed E-state index contributed by atoms with van der Waals surface area (Å²) in [6, 6.07) is 10.2. The van der Waals surface area contributed by atoms with Gasteiger partial charge in [-0.15, -0.1) is 0 Å². The Morgan fingerprint density at radius 2 is 1.95 bits per heavy atom. The molecular formula is C28H36F2N4O3. The number of hydrogen-bond acceptors (Lipinski definition) is 7. The summed E-state index contributed by atoms with van der Waals surface area (Å²) in [6.07, 6.45) is 2.25. The first kappa shape index (κ1) is 27.0. The molecule has 7 nitrogen and oxygen atoms in total. The molecule has 9 heteroatoms. The number of likely N-dealkylation sites (tertiary alicyclic amines) is 1. The van der Waals surface area contributed by atoms with Gasteiger partial charge in [0.05, 0.1) is 12.6 Å². The molecule has 1 fully saturated rings. The van der Waals surface area contributed by atoms with Gasteiger partial charge >= 0.3 is 0 Å². The van der Waals surface area contributed by atoms with Crippen LogP contribution in [0.1, 0.15) is 56.6 Å². The molecule has 0 saturated carbocycles. The van der Waals surface area contributed by atoms with Gasteiger partial charge in [-0.2, -0.15) is 8.78 Å². The van der Waals surface area contributed by atoms with E-state index in [2.05, 4.69) is 34.0 Å². The zero-order chi connectivity index (χ0) is 26.7. The molecule has 0 amide bonds. The van der Waals surface area contributed by atoms with Crippen LogP contribution in [0.3, 0.4) is 0 Å². The van der Waals surface area contributed by atoms with E-state index in [-0.39, 0.29) is 11.6 Å². The predicted octanol–water partition coefficient (Wildman–Crippen LogP) is 5.46. The number of methoxy groups -OCH3 is 1. The molecule has 2 atom stereocenters. The third-order valence-electron chi connectivity index (χ3n) is 6.97. The molecule has 0 spiro atoms. The average Bonchev–Trinajstić information content (AvgIpc) is 3.36. The second-order valence-corrected chi connectivity index (χ2v) is 9.93. The number of rotatable bonds is 10. The Kier molecular flexibility index (Phi) is 8.14. The molecule has 0 unspecified atom stereocenters. The number of aromatic nitrogens is 2. The Balaban J connectivity index is 1.63. The first-order valence-electron chi connectivity index (χ1n) is 12.7. The van der Waals surface area contributed by atoms with E-state index in [0.29, 0.717) is 52.9 Å². The lowest BCUT2D eigenvalue weighted by atomic mass is 10.0. The fourth-order valence-electron chi connectivity index (χ4n) is 4.95. The molecule has 2 aromatic carbocycles. The summed E-state index contributed by atoms with van der Waals surface area (Å²) in [5.74, 6) is -0.958. The van der Waals surface area contributed by atoms with Crippen molar-refractivity contribution < 1.29 is 23.4 Å². The van der Waals surface area contributed by atoms with Crippen LogP contribution < -0.4 is 14.8 Å². The van der Waals surface area contributed by atoms with Crippen molar-refractivity contribution in [2.45, 2.75) is 64.6 Å². The van der Waals surface area contributed by atoms with Crippen LogP contribution >= 0.6 is 0 Å². The Morgan fingerprint density at radius 3 is 2.65 bits per heavy atom. The summed E-state index contributed by atoms with van der Waals surface area (Å²) in [6.45, 7) is 8.47. The van der Waals surface area contributed by atoms with Crippen molar-refractivity contribution in [3.05, 3.63) is 53.3 Å². The van der Waals surface area contributed by atoms with E-state index in [4.69, 9.17) is 14.6 Å². The van der Waals surface area contributed by atoms with Crippen molar-refractivity contribution in [2.75, 3.05) is 32.2 Å². The minimum Gasteiger partial charge on any atom is -0.493 e. The van der Waals surface area contributed by atoms with Crippen LogP contribution in [0.15, 0.2) is 36.4 Å². The van der Waals surface area contributed by atoms with Gasteiger partial charge < -0.3 is 19.9 Å². The highest BCUT2D eigenvalue weighted by molar-refractivity contribution is 5.92. The summed E-state index contributed by atoms with van der Waals surface area (Å²) in [4.78, 5) is 11.6. The number of nitrogens with one attached hydrogen (secondary N) is 1. The smallest absolute Gasteiger partial charge is 0.295 e. The van der Waals surface area contributed by atoms with Gasteiger partial charge in [-0.05, 0) is 64.8 Å². The predicted molar refractivity (Wildman–Crippen MR) is 141 cm³/mol. The standard InChI is InChI=1S/C28H36F2N4O3/c1-17(2)34-11-7-10-22(34)15-37-26-13-23-24(14-25(26)36-5)32-19(4)33-27(23)31-18(3)20-8-6-9-21(12-20)28(29,30)16-35/h6,8-9,12-14,17-18,22,35H,7,10-11,15-16H2,1-5H3,(H,31,32,33)/t18-,22+/m1/s1. The van der Waals surface area contributed by atoms with Gasteiger partial charge in [-0.3, -0.25) is 4.90 Å². The monoisotopic (exact) mass is 514 g/mol. The SMILES string of the molecule is COc1cc2nc(C)nc(N[C@H](C)c3cccc(C(F)(F)CO)c3)c2cc1OC[C@@H]1CCCN1C(C)C. The largest absolute Gasteiger partial charge is 0.493 e. The fourth-order valence-corrected chi connectivity index (χ4v) is 4.95. The Hall–Kier alpha value is -3.04. The highest BCUT2D eigenvalue weighted by atomic mass is 19.3. The number of aryl methyl sites for hydroxylation is 1. The highest BCUT2D eigenvalue weighted by Gasteiger charge is 2.31. The lowest BCUT2D eigenvalue weighted by Crippen LogP contribution is -2.39. The van der Waals surface area contributed by atoms with Crippen molar-refractivity contribution in [3.63, 3.8) is 0 Å². The number of halogens is 2. The number of aliphatic hydroxyl groups is 1. The number of hydrogen-bond donors (Lipinski definition) is 2. The zero-order valence-electron chi connectivity index (χ0n) is 22.1. The molecule has 0 aliphatic carbocycles.